The molecule has 0 aliphatic heterocycles. The summed E-state index contributed by atoms with van der Waals surface area (Å²) in [6, 6.07) is 8.49. The number of hydrogen-bond donors (Lipinski definition) is 0. The van der Waals surface area contributed by atoms with Gasteiger partial charge in [0, 0.05) is 19.8 Å². The van der Waals surface area contributed by atoms with Crippen molar-refractivity contribution in [3.63, 3.8) is 0 Å². The molecular weight excluding hydrogens is 328 g/mol. The average Bonchev–Trinajstić information content (AvgIpc) is 2.72. The molecule has 138 valence electrons. The number of benzene rings is 1. The van der Waals surface area contributed by atoms with Crippen LogP contribution in [0.4, 0.5) is 0 Å². The number of rotatable bonds is 6. The lowest BCUT2D eigenvalue weighted by Crippen LogP contribution is -2.31. The van der Waals surface area contributed by atoms with Gasteiger partial charge in [-0.2, -0.15) is 0 Å². The molecule has 26 heavy (non-hydrogen) atoms. The molecule has 0 N–H and O–H groups in total. The highest BCUT2D eigenvalue weighted by atomic mass is 16.5. The number of hydrogen-bond acceptors (Lipinski definition) is 4. The van der Waals surface area contributed by atoms with Gasteiger partial charge in [-0.1, -0.05) is 36.4 Å². The minimum absolute atomic E-state index is 0.0879. The second kappa shape index (κ2) is 8.39. The van der Waals surface area contributed by atoms with Crippen LogP contribution in [-0.4, -0.2) is 40.6 Å². The van der Waals surface area contributed by atoms with E-state index in [4.69, 9.17) is 18.9 Å². The molecule has 0 saturated heterocycles. The van der Waals surface area contributed by atoms with Crippen molar-refractivity contribution < 1.29 is 18.9 Å². The van der Waals surface area contributed by atoms with E-state index in [9.17, 15) is 0 Å². The zero-order valence-corrected chi connectivity index (χ0v) is 15.8. The van der Waals surface area contributed by atoms with E-state index in [0.29, 0.717) is 0 Å². The van der Waals surface area contributed by atoms with E-state index in [2.05, 4.69) is 36.4 Å². The van der Waals surface area contributed by atoms with Crippen LogP contribution in [0.2, 0.25) is 0 Å². The van der Waals surface area contributed by atoms with Crippen molar-refractivity contribution in [1.82, 2.24) is 0 Å². The third kappa shape index (κ3) is 3.48. The van der Waals surface area contributed by atoms with E-state index in [-0.39, 0.29) is 12.2 Å². The lowest BCUT2D eigenvalue weighted by atomic mass is 9.89. The number of allylic oxidation sites excluding steroid dienone is 4. The van der Waals surface area contributed by atoms with E-state index in [1.54, 1.807) is 28.4 Å². The van der Waals surface area contributed by atoms with Crippen molar-refractivity contribution in [3.8, 4) is 0 Å². The van der Waals surface area contributed by atoms with Crippen molar-refractivity contribution in [3.05, 3.63) is 71.2 Å². The fourth-order valence-corrected chi connectivity index (χ4v) is 3.63. The van der Waals surface area contributed by atoms with Gasteiger partial charge in [0.1, 0.15) is 12.2 Å². The van der Waals surface area contributed by atoms with Crippen LogP contribution >= 0.6 is 0 Å². The molecule has 0 heterocycles. The zero-order chi connectivity index (χ0) is 18.5. The number of ether oxygens (including phenoxy) is 4. The minimum Gasteiger partial charge on any atom is -0.493 e. The molecule has 0 aromatic heterocycles. The van der Waals surface area contributed by atoms with Crippen LogP contribution in [0.5, 0.6) is 0 Å². The Labute approximate surface area is 155 Å². The molecule has 1 aromatic rings. The maximum absolute atomic E-state index is 5.71. The average molecular weight is 354 g/mol. The van der Waals surface area contributed by atoms with Crippen LogP contribution in [-0.2, 0) is 18.9 Å². The largest absolute Gasteiger partial charge is 0.493 e. The van der Waals surface area contributed by atoms with E-state index in [0.717, 1.165) is 46.6 Å². The Morgan fingerprint density at radius 1 is 0.962 bits per heavy atom. The predicted molar refractivity (Wildman–Crippen MR) is 103 cm³/mol. The SMILES string of the molecule is COC1=CCCC(c2cccc(C3=CC=CC(OC)C3OC)c2)=C1OC. The zero-order valence-electron chi connectivity index (χ0n) is 15.8. The molecule has 2 aliphatic carbocycles. The van der Waals surface area contributed by atoms with Crippen molar-refractivity contribution in [1.29, 1.82) is 0 Å². The van der Waals surface area contributed by atoms with Gasteiger partial charge in [-0.3, -0.25) is 0 Å². The van der Waals surface area contributed by atoms with Crippen LogP contribution in [0, 0.1) is 0 Å². The summed E-state index contributed by atoms with van der Waals surface area (Å²) in [6.07, 6.45) is 9.86. The van der Waals surface area contributed by atoms with E-state index in [1.165, 1.54) is 0 Å². The first kappa shape index (κ1) is 18.5. The van der Waals surface area contributed by atoms with Gasteiger partial charge < -0.3 is 18.9 Å². The Morgan fingerprint density at radius 3 is 2.46 bits per heavy atom. The first-order valence-electron chi connectivity index (χ1n) is 8.80. The highest BCUT2D eigenvalue weighted by Crippen LogP contribution is 2.35. The molecule has 4 heteroatoms. The maximum atomic E-state index is 5.71. The normalized spacial score (nSPS) is 22.8. The predicted octanol–water partition coefficient (Wildman–Crippen LogP) is 4.35. The third-order valence-corrected chi connectivity index (χ3v) is 4.90. The van der Waals surface area contributed by atoms with Gasteiger partial charge in [-0.25, -0.2) is 0 Å². The topological polar surface area (TPSA) is 36.9 Å². The molecule has 2 aliphatic rings. The lowest BCUT2D eigenvalue weighted by molar-refractivity contribution is 0.0194. The van der Waals surface area contributed by atoms with E-state index in [1.807, 2.05) is 12.2 Å². The molecule has 0 amide bonds. The molecule has 2 atom stereocenters. The summed E-state index contributed by atoms with van der Waals surface area (Å²) in [7, 11) is 6.79. The van der Waals surface area contributed by atoms with Crippen LogP contribution in [0.3, 0.4) is 0 Å². The van der Waals surface area contributed by atoms with Crippen molar-refractivity contribution >= 4 is 11.1 Å². The summed E-state index contributed by atoms with van der Waals surface area (Å²) in [5.41, 5.74) is 4.54. The monoisotopic (exact) mass is 354 g/mol. The Bertz CT molecular complexity index is 770. The Kier molecular flexibility index (Phi) is 5.96. The first-order valence-corrected chi connectivity index (χ1v) is 8.80. The lowest BCUT2D eigenvalue weighted by Gasteiger charge is -2.28. The molecule has 3 rings (SSSR count). The summed E-state index contributed by atoms with van der Waals surface area (Å²) in [4.78, 5) is 0. The Balaban J connectivity index is 2.01. The number of methoxy groups -OCH3 is 4. The van der Waals surface area contributed by atoms with Gasteiger partial charge in [0.2, 0.25) is 0 Å². The summed E-state index contributed by atoms with van der Waals surface area (Å²) in [5, 5.41) is 0. The molecule has 0 fully saturated rings. The van der Waals surface area contributed by atoms with Crippen molar-refractivity contribution in [2.45, 2.75) is 25.0 Å². The Hall–Kier alpha value is -2.30. The third-order valence-electron chi connectivity index (χ3n) is 4.90. The summed E-state index contributed by atoms with van der Waals surface area (Å²) in [5.74, 6) is 1.61. The molecule has 4 nitrogen and oxygen atoms in total. The van der Waals surface area contributed by atoms with Crippen molar-refractivity contribution in [2.24, 2.45) is 0 Å². The smallest absolute Gasteiger partial charge is 0.164 e. The van der Waals surface area contributed by atoms with Crippen LogP contribution in [0.15, 0.2) is 60.1 Å². The molecule has 0 spiro atoms. The second-order valence-corrected chi connectivity index (χ2v) is 6.27. The quantitative estimate of drug-likeness (QED) is 0.761. The summed E-state index contributed by atoms with van der Waals surface area (Å²) < 4.78 is 22.4. The molecule has 0 radical (unpaired) electrons. The van der Waals surface area contributed by atoms with E-state index < -0.39 is 0 Å². The van der Waals surface area contributed by atoms with Gasteiger partial charge in [-0.15, -0.1) is 0 Å². The fourth-order valence-electron chi connectivity index (χ4n) is 3.63. The minimum atomic E-state index is -0.128. The van der Waals surface area contributed by atoms with Gasteiger partial charge >= 0.3 is 0 Å². The van der Waals surface area contributed by atoms with Gasteiger partial charge in [-0.05, 0) is 41.7 Å². The summed E-state index contributed by atoms with van der Waals surface area (Å²) >= 11 is 0. The van der Waals surface area contributed by atoms with Gasteiger partial charge in [0.25, 0.3) is 0 Å². The molecule has 1 aromatic carbocycles. The first-order chi connectivity index (χ1) is 12.7. The second-order valence-electron chi connectivity index (χ2n) is 6.27. The highest BCUT2D eigenvalue weighted by molar-refractivity contribution is 5.78. The van der Waals surface area contributed by atoms with Crippen LogP contribution < -0.4 is 0 Å². The van der Waals surface area contributed by atoms with Gasteiger partial charge in [0.05, 0.1) is 14.2 Å². The highest BCUT2D eigenvalue weighted by Gasteiger charge is 2.26. The van der Waals surface area contributed by atoms with Crippen molar-refractivity contribution in [2.75, 3.05) is 28.4 Å². The van der Waals surface area contributed by atoms with Crippen LogP contribution in [0.1, 0.15) is 24.0 Å². The van der Waals surface area contributed by atoms with E-state index >= 15 is 0 Å². The Morgan fingerprint density at radius 2 is 1.77 bits per heavy atom. The molecule has 0 saturated carbocycles. The van der Waals surface area contributed by atoms with Crippen LogP contribution in [0.25, 0.3) is 11.1 Å². The molecular formula is C22H26O4. The van der Waals surface area contributed by atoms with Gasteiger partial charge in [0.15, 0.2) is 11.5 Å². The molecule has 2 unspecified atom stereocenters. The maximum Gasteiger partial charge on any atom is 0.164 e. The molecule has 0 bridgehead atoms. The standard InChI is InChI=1S/C22H26O4/c1-23-19-12-6-10-17(21(19)25-3)15-8-5-9-16(14-15)18-11-7-13-20(24-2)22(18)26-4/h5-6,8-10,12-14,19,21H,7,11H2,1-4H3. The summed E-state index contributed by atoms with van der Waals surface area (Å²) in [6.45, 7) is 0. The fraction of sp³-hybridized carbons (Fsp3) is 0.364.